The zero-order valence-corrected chi connectivity index (χ0v) is 24.8. The average Bonchev–Trinajstić information content (AvgIpc) is 3.61. The van der Waals surface area contributed by atoms with Gasteiger partial charge in [0.1, 0.15) is 11.4 Å². The minimum atomic E-state index is -0.527. The number of aromatic nitrogens is 3. The first kappa shape index (κ1) is 29.1. The maximum absolute atomic E-state index is 13.0. The number of carbonyl (C=O) groups excluding carboxylic acids is 2. The van der Waals surface area contributed by atoms with Crippen molar-refractivity contribution < 1.29 is 14.3 Å². The van der Waals surface area contributed by atoms with Crippen LogP contribution in [-0.4, -0.2) is 44.3 Å². The van der Waals surface area contributed by atoms with Crippen LogP contribution in [0.1, 0.15) is 75.0 Å². The Labute approximate surface area is 247 Å². The van der Waals surface area contributed by atoms with Crippen LogP contribution in [0, 0.1) is 0 Å². The summed E-state index contributed by atoms with van der Waals surface area (Å²) in [7, 11) is 0. The first-order chi connectivity index (χ1) is 20.2. The third kappa shape index (κ3) is 7.46. The number of hydrogen-bond donors (Lipinski definition) is 3. The Kier molecular flexibility index (Phi) is 8.75. The molecule has 0 spiro atoms. The summed E-state index contributed by atoms with van der Waals surface area (Å²) < 4.78 is 7.13. The molecule has 2 amide bonds. The maximum Gasteiger partial charge on any atom is 0.407 e. The topological polar surface area (TPSA) is 110 Å². The summed E-state index contributed by atoms with van der Waals surface area (Å²) in [5.74, 6) is 0.896. The second-order valence-corrected chi connectivity index (χ2v) is 11.9. The monoisotopic (exact) mass is 568 g/mol. The van der Waals surface area contributed by atoms with Crippen molar-refractivity contribution in [2.45, 2.75) is 84.0 Å². The highest BCUT2D eigenvalue weighted by Crippen LogP contribution is 2.25. The number of carbonyl (C=O) groups is 2. The van der Waals surface area contributed by atoms with E-state index in [9.17, 15) is 9.59 Å². The molecule has 1 unspecified atom stereocenters. The zero-order valence-electron chi connectivity index (χ0n) is 24.8. The van der Waals surface area contributed by atoms with E-state index in [4.69, 9.17) is 4.74 Å². The van der Waals surface area contributed by atoms with E-state index in [1.165, 1.54) is 0 Å². The number of amides is 2. The van der Waals surface area contributed by atoms with Crippen LogP contribution in [0.2, 0.25) is 0 Å². The lowest BCUT2D eigenvalue weighted by Gasteiger charge is -2.19. The predicted octanol–water partition coefficient (Wildman–Crippen LogP) is 6.14. The fourth-order valence-electron chi connectivity index (χ4n) is 5.29. The highest BCUT2D eigenvalue weighted by atomic mass is 16.6. The highest BCUT2D eigenvalue weighted by Gasteiger charge is 2.27. The number of rotatable bonds is 9. The first-order valence-electron chi connectivity index (χ1n) is 14.7. The van der Waals surface area contributed by atoms with E-state index < -0.39 is 11.7 Å². The Morgan fingerprint density at radius 2 is 1.67 bits per heavy atom. The molecular weight excluding hydrogens is 528 g/mol. The molecule has 2 heterocycles. The van der Waals surface area contributed by atoms with E-state index in [0.29, 0.717) is 12.1 Å². The molecule has 3 N–H and O–H groups in total. The molecule has 2 atom stereocenters. The van der Waals surface area contributed by atoms with Crippen molar-refractivity contribution in [3.05, 3.63) is 83.7 Å². The molecule has 1 aliphatic carbocycles. The maximum atomic E-state index is 13.0. The Balaban J connectivity index is 1.13. The van der Waals surface area contributed by atoms with E-state index in [2.05, 4.69) is 39.0 Å². The van der Waals surface area contributed by atoms with Gasteiger partial charge in [0.15, 0.2) is 5.65 Å². The van der Waals surface area contributed by atoms with Gasteiger partial charge in [-0.15, -0.1) is 0 Å². The molecule has 1 aliphatic rings. The molecule has 9 heteroatoms. The Morgan fingerprint density at radius 3 is 2.36 bits per heavy atom. The molecule has 0 radical (unpaired) electrons. The van der Waals surface area contributed by atoms with Gasteiger partial charge in [0.05, 0.1) is 6.20 Å². The lowest BCUT2D eigenvalue weighted by molar-refractivity contribution is 0.0523. The Bertz CT molecular complexity index is 1520. The summed E-state index contributed by atoms with van der Waals surface area (Å²) in [6, 6.07) is 20.0. The summed E-state index contributed by atoms with van der Waals surface area (Å²) in [6.07, 6.45) is 6.05. The molecule has 4 aromatic rings. The van der Waals surface area contributed by atoms with Gasteiger partial charge in [0.25, 0.3) is 5.91 Å². The van der Waals surface area contributed by atoms with E-state index in [0.717, 1.165) is 66.0 Å². The Hall–Kier alpha value is -4.40. The SMILES string of the molecule is CCCc1cc(N[C@@H]2CCC(NC(=O)c3ccc(-c4ccc(CNC(=O)OC(C)(C)C)cc4)cc3)C2)n2nccc2n1. The second kappa shape index (κ2) is 12.6. The number of nitrogens with zero attached hydrogens (tertiary/aromatic N) is 3. The second-order valence-electron chi connectivity index (χ2n) is 11.9. The molecule has 2 aromatic heterocycles. The van der Waals surface area contributed by atoms with Gasteiger partial charge in [0, 0.05) is 42.0 Å². The van der Waals surface area contributed by atoms with Gasteiger partial charge < -0.3 is 20.7 Å². The van der Waals surface area contributed by atoms with Crippen molar-refractivity contribution in [1.29, 1.82) is 0 Å². The van der Waals surface area contributed by atoms with Crippen LogP contribution in [0.5, 0.6) is 0 Å². The van der Waals surface area contributed by atoms with Gasteiger partial charge in [-0.2, -0.15) is 9.61 Å². The summed E-state index contributed by atoms with van der Waals surface area (Å²) in [5, 5.41) is 14.1. The number of aryl methyl sites for hydroxylation is 1. The molecule has 5 rings (SSSR count). The van der Waals surface area contributed by atoms with Gasteiger partial charge in [-0.05, 0) is 75.3 Å². The lowest BCUT2D eigenvalue weighted by atomic mass is 10.0. The van der Waals surface area contributed by atoms with Crippen molar-refractivity contribution in [3.8, 4) is 11.1 Å². The molecular formula is C33H40N6O3. The number of fused-ring (bicyclic) bond motifs is 1. The van der Waals surface area contributed by atoms with E-state index >= 15 is 0 Å². The molecule has 220 valence electrons. The van der Waals surface area contributed by atoms with Crippen LogP contribution in [-0.2, 0) is 17.7 Å². The molecule has 0 bridgehead atoms. The smallest absolute Gasteiger partial charge is 0.407 e. The van der Waals surface area contributed by atoms with Crippen LogP contribution >= 0.6 is 0 Å². The number of anilines is 1. The van der Waals surface area contributed by atoms with Gasteiger partial charge in [-0.3, -0.25) is 4.79 Å². The Morgan fingerprint density at radius 1 is 0.976 bits per heavy atom. The minimum absolute atomic E-state index is 0.0561. The van der Waals surface area contributed by atoms with Gasteiger partial charge in [-0.1, -0.05) is 49.7 Å². The lowest BCUT2D eigenvalue weighted by Crippen LogP contribution is -2.34. The summed E-state index contributed by atoms with van der Waals surface area (Å²) in [4.78, 5) is 29.6. The summed E-state index contributed by atoms with van der Waals surface area (Å²) in [5.41, 5.74) is 5.06. The zero-order chi connectivity index (χ0) is 29.7. The van der Waals surface area contributed by atoms with Crippen LogP contribution in [0.25, 0.3) is 16.8 Å². The molecule has 9 nitrogen and oxygen atoms in total. The molecule has 0 aliphatic heterocycles. The quantitative estimate of drug-likeness (QED) is 0.224. The fourth-order valence-corrected chi connectivity index (χ4v) is 5.29. The third-order valence-corrected chi connectivity index (χ3v) is 7.31. The summed E-state index contributed by atoms with van der Waals surface area (Å²) in [6.45, 7) is 8.06. The molecule has 42 heavy (non-hydrogen) atoms. The van der Waals surface area contributed by atoms with E-state index in [-0.39, 0.29) is 18.0 Å². The van der Waals surface area contributed by atoms with Gasteiger partial charge in [0.2, 0.25) is 0 Å². The third-order valence-electron chi connectivity index (χ3n) is 7.31. The van der Waals surface area contributed by atoms with Gasteiger partial charge >= 0.3 is 6.09 Å². The number of hydrogen-bond acceptors (Lipinski definition) is 6. The molecule has 1 fully saturated rings. The normalized spacial score (nSPS) is 16.8. The minimum Gasteiger partial charge on any atom is -0.444 e. The summed E-state index contributed by atoms with van der Waals surface area (Å²) >= 11 is 0. The molecule has 2 aromatic carbocycles. The van der Waals surface area contributed by atoms with E-state index in [1.54, 1.807) is 6.20 Å². The van der Waals surface area contributed by atoms with E-state index in [1.807, 2.05) is 79.9 Å². The predicted molar refractivity (Wildman–Crippen MR) is 164 cm³/mol. The standard InChI is InChI=1S/C33H40N6O3/c1-5-6-26-20-30(39-29(36-26)17-18-35-39)37-27-15-16-28(19-27)38-31(40)25-13-11-24(12-14-25)23-9-7-22(8-10-23)21-34-32(41)42-33(2,3)4/h7-14,17-18,20,27-28,37H,5-6,15-16,19,21H2,1-4H3,(H,34,41)(H,38,40)/t27-,28?/m1/s1. The van der Waals surface area contributed by atoms with Crippen LogP contribution in [0.15, 0.2) is 66.9 Å². The van der Waals surface area contributed by atoms with Gasteiger partial charge in [-0.25, -0.2) is 9.78 Å². The number of nitrogens with one attached hydrogen (secondary N) is 3. The van der Waals surface area contributed by atoms with Crippen LogP contribution in [0.4, 0.5) is 10.6 Å². The molecule has 1 saturated carbocycles. The largest absolute Gasteiger partial charge is 0.444 e. The number of alkyl carbamates (subject to hydrolysis) is 1. The number of benzene rings is 2. The fraction of sp³-hybridized carbons (Fsp3) is 0.394. The van der Waals surface area contributed by atoms with Crippen LogP contribution < -0.4 is 16.0 Å². The first-order valence-corrected chi connectivity index (χ1v) is 14.7. The number of ether oxygens (including phenoxy) is 1. The van der Waals surface area contributed by atoms with Crippen molar-refractivity contribution in [1.82, 2.24) is 25.2 Å². The van der Waals surface area contributed by atoms with Crippen LogP contribution in [0.3, 0.4) is 0 Å². The average molecular weight is 569 g/mol. The van der Waals surface area contributed by atoms with Crippen molar-refractivity contribution in [2.24, 2.45) is 0 Å². The van der Waals surface area contributed by atoms with Crippen molar-refractivity contribution >= 4 is 23.5 Å². The van der Waals surface area contributed by atoms with Crippen molar-refractivity contribution in [2.75, 3.05) is 5.32 Å². The van der Waals surface area contributed by atoms with Crippen molar-refractivity contribution in [3.63, 3.8) is 0 Å². The highest BCUT2D eigenvalue weighted by molar-refractivity contribution is 5.95. The molecule has 0 saturated heterocycles.